The molecule has 0 saturated heterocycles. The first-order valence-corrected chi connectivity index (χ1v) is 8.07. The smallest absolute Gasteiger partial charge is 0.407 e. The normalized spacial score (nSPS) is 13.1. The van der Waals surface area contributed by atoms with E-state index in [0.29, 0.717) is 0 Å². The number of aliphatic hydroxyl groups is 2. The second kappa shape index (κ2) is 9.22. The van der Waals surface area contributed by atoms with Gasteiger partial charge in [-0.2, -0.15) is 0 Å². The molecule has 2 atom stereocenters. The number of aromatic nitrogens is 1. The van der Waals surface area contributed by atoms with Crippen LogP contribution in [0.15, 0.2) is 42.5 Å². The number of anilines is 1. The number of carbonyl (C=O) groups is 1. The van der Waals surface area contributed by atoms with E-state index >= 15 is 0 Å². The van der Waals surface area contributed by atoms with Gasteiger partial charge >= 0.3 is 6.09 Å². The molecule has 0 aliphatic carbocycles. The van der Waals surface area contributed by atoms with Crippen molar-refractivity contribution in [3.05, 3.63) is 58.9 Å². The van der Waals surface area contributed by atoms with Crippen molar-refractivity contribution < 1.29 is 19.7 Å². The maximum Gasteiger partial charge on any atom is 0.407 e. The fourth-order valence-corrected chi connectivity index (χ4v) is 2.24. The van der Waals surface area contributed by atoms with Crippen LogP contribution in [-0.4, -0.2) is 33.9 Å². The van der Waals surface area contributed by atoms with E-state index in [1.807, 2.05) is 30.3 Å². The summed E-state index contributed by atoms with van der Waals surface area (Å²) in [6.07, 6.45) is -2.84. The number of amides is 1. The molecule has 0 aliphatic rings. The Labute approximate surface area is 150 Å². The zero-order chi connectivity index (χ0) is 18.2. The first-order valence-electron chi connectivity index (χ1n) is 7.70. The molecule has 0 saturated carbocycles. The van der Waals surface area contributed by atoms with Crippen LogP contribution in [0.25, 0.3) is 0 Å². The van der Waals surface area contributed by atoms with E-state index in [0.717, 1.165) is 5.56 Å². The maximum atomic E-state index is 11.6. The van der Waals surface area contributed by atoms with Crippen molar-refractivity contribution in [1.82, 2.24) is 10.3 Å². The summed E-state index contributed by atoms with van der Waals surface area (Å²) in [6.45, 7) is 0.292. The van der Waals surface area contributed by atoms with Crippen molar-refractivity contribution in [3.8, 4) is 0 Å². The second-order valence-electron chi connectivity index (χ2n) is 5.41. The zero-order valence-corrected chi connectivity index (χ0v) is 14.2. The Bertz CT molecular complexity index is 700. The van der Waals surface area contributed by atoms with E-state index in [-0.39, 0.29) is 36.1 Å². The number of hydrogen-bond acceptors (Lipinski definition) is 6. The summed E-state index contributed by atoms with van der Waals surface area (Å²) in [5, 5.41) is 22.6. The fourth-order valence-electron chi connectivity index (χ4n) is 2.08. The minimum Gasteiger partial charge on any atom is -0.445 e. The van der Waals surface area contributed by atoms with Gasteiger partial charge < -0.3 is 26.0 Å². The van der Waals surface area contributed by atoms with Gasteiger partial charge in [-0.3, -0.25) is 0 Å². The first kappa shape index (κ1) is 19.0. The predicted molar refractivity (Wildman–Crippen MR) is 93.9 cm³/mol. The van der Waals surface area contributed by atoms with E-state index in [2.05, 4.69) is 10.3 Å². The Morgan fingerprint density at radius 1 is 1.24 bits per heavy atom. The molecule has 1 aromatic carbocycles. The summed E-state index contributed by atoms with van der Waals surface area (Å²) in [6, 6.07) is 12.3. The maximum absolute atomic E-state index is 11.6. The molecular weight excluding hydrogens is 346 g/mol. The highest BCUT2D eigenvalue weighted by Gasteiger charge is 2.20. The van der Waals surface area contributed by atoms with Crippen LogP contribution in [0.1, 0.15) is 23.8 Å². The van der Waals surface area contributed by atoms with E-state index in [4.69, 9.17) is 22.1 Å². The topological polar surface area (TPSA) is 118 Å². The van der Waals surface area contributed by atoms with Crippen molar-refractivity contribution in [2.45, 2.75) is 25.2 Å². The van der Waals surface area contributed by atoms with E-state index < -0.39 is 18.3 Å². The molecule has 2 unspecified atom stereocenters. The molecule has 5 N–H and O–H groups in total. The van der Waals surface area contributed by atoms with Crippen LogP contribution in [0.4, 0.5) is 10.5 Å². The molecule has 7 nitrogen and oxygen atoms in total. The van der Waals surface area contributed by atoms with Crippen molar-refractivity contribution in [2.24, 2.45) is 0 Å². The molecule has 2 rings (SSSR count). The van der Waals surface area contributed by atoms with E-state index in [1.165, 1.54) is 12.1 Å². The summed E-state index contributed by atoms with van der Waals surface area (Å²) in [5.74, 6) is 0. The van der Waals surface area contributed by atoms with Crippen molar-refractivity contribution >= 4 is 23.4 Å². The molecule has 0 fully saturated rings. The molecule has 0 bridgehead atoms. The number of nitrogens with two attached hydrogens (primary N) is 1. The highest BCUT2D eigenvalue weighted by atomic mass is 35.5. The third-order valence-electron chi connectivity index (χ3n) is 3.49. The molecule has 8 heteroatoms. The third kappa shape index (κ3) is 5.90. The Morgan fingerprint density at radius 3 is 2.64 bits per heavy atom. The molecule has 1 amide bonds. The monoisotopic (exact) mass is 365 g/mol. The molecule has 0 aliphatic heterocycles. The van der Waals surface area contributed by atoms with Gasteiger partial charge in [0.15, 0.2) is 5.15 Å². The number of carbonyl (C=O) groups excluding carboxylic acids is 1. The van der Waals surface area contributed by atoms with Gasteiger partial charge in [-0.05, 0) is 24.1 Å². The predicted octanol–water partition coefficient (Wildman–Crippen LogP) is 2.03. The number of rotatable bonds is 7. The quantitative estimate of drug-likeness (QED) is 0.557. The molecule has 2 aromatic rings. The number of halogens is 1. The molecule has 134 valence electrons. The van der Waals surface area contributed by atoms with Crippen LogP contribution < -0.4 is 11.1 Å². The van der Waals surface area contributed by atoms with Gasteiger partial charge in [0.25, 0.3) is 0 Å². The Balaban J connectivity index is 1.72. The lowest BCUT2D eigenvalue weighted by Crippen LogP contribution is -2.30. The fraction of sp³-hybridized carbons (Fsp3) is 0.294. The molecule has 0 spiro atoms. The summed E-state index contributed by atoms with van der Waals surface area (Å²) in [5.41, 5.74) is 6.92. The molecule has 0 radical (unpaired) electrons. The highest BCUT2D eigenvalue weighted by Crippen LogP contribution is 2.22. The average molecular weight is 366 g/mol. The summed E-state index contributed by atoms with van der Waals surface area (Å²) in [7, 11) is 0. The lowest BCUT2D eigenvalue weighted by Gasteiger charge is -2.18. The average Bonchev–Trinajstić information content (AvgIpc) is 2.62. The summed E-state index contributed by atoms with van der Waals surface area (Å²) < 4.78 is 5.05. The van der Waals surface area contributed by atoms with Crippen molar-refractivity contribution in [2.75, 3.05) is 12.3 Å². The standard InChI is InChI=1S/C17H20ClN3O4/c18-16-12(19)6-7-13(21-16)15(23)14(22)8-9-20-17(24)25-10-11-4-2-1-3-5-11/h1-7,14-15,22-23H,8-10,19H2,(H,20,24). The van der Waals surface area contributed by atoms with E-state index in [9.17, 15) is 15.0 Å². The van der Waals surface area contributed by atoms with Crippen molar-refractivity contribution in [3.63, 3.8) is 0 Å². The second-order valence-corrected chi connectivity index (χ2v) is 5.76. The number of ether oxygens (including phenoxy) is 1. The van der Waals surface area contributed by atoms with Gasteiger partial charge in [0.1, 0.15) is 12.7 Å². The minimum atomic E-state index is -1.24. The van der Waals surface area contributed by atoms with Gasteiger partial charge in [-0.15, -0.1) is 0 Å². The summed E-state index contributed by atoms with van der Waals surface area (Å²) in [4.78, 5) is 15.5. The van der Waals surface area contributed by atoms with Crippen LogP contribution in [0, 0.1) is 0 Å². The largest absolute Gasteiger partial charge is 0.445 e. The number of nitrogen functional groups attached to an aromatic ring is 1. The Kier molecular flexibility index (Phi) is 7.00. The number of alkyl carbamates (subject to hydrolysis) is 1. The third-order valence-corrected chi connectivity index (χ3v) is 3.79. The Hall–Kier alpha value is -2.35. The molecule has 25 heavy (non-hydrogen) atoms. The van der Waals surface area contributed by atoms with Gasteiger partial charge in [0.05, 0.1) is 17.5 Å². The number of nitrogens with zero attached hydrogens (tertiary/aromatic N) is 1. The number of benzene rings is 1. The number of nitrogens with one attached hydrogen (secondary N) is 1. The number of aliphatic hydroxyl groups excluding tert-OH is 2. The first-order chi connectivity index (χ1) is 12.0. The van der Waals surface area contributed by atoms with E-state index in [1.54, 1.807) is 0 Å². The lowest BCUT2D eigenvalue weighted by molar-refractivity contribution is 0.0112. The van der Waals surface area contributed by atoms with Crippen molar-refractivity contribution in [1.29, 1.82) is 0 Å². The molecular formula is C17H20ClN3O4. The SMILES string of the molecule is Nc1ccc(C(O)C(O)CCNC(=O)OCc2ccccc2)nc1Cl. The van der Waals surface area contributed by atoms with Crippen LogP contribution in [0.5, 0.6) is 0 Å². The van der Waals surface area contributed by atoms with Gasteiger partial charge in [0, 0.05) is 6.54 Å². The van der Waals surface area contributed by atoms with Gasteiger partial charge in [-0.1, -0.05) is 41.9 Å². The number of pyridine rings is 1. The van der Waals surface area contributed by atoms with Gasteiger partial charge in [0.2, 0.25) is 0 Å². The van der Waals surface area contributed by atoms with Crippen LogP contribution in [-0.2, 0) is 11.3 Å². The molecule has 1 heterocycles. The van der Waals surface area contributed by atoms with Crippen LogP contribution in [0.2, 0.25) is 5.15 Å². The van der Waals surface area contributed by atoms with Crippen LogP contribution >= 0.6 is 11.6 Å². The zero-order valence-electron chi connectivity index (χ0n) is 13.4. The van der Waals surface area contributed by atoms with Gasteiger partial charge in [-0.25, -0.2) is 9.78 Å². The minimum absolute atomic E-state index is 0.0614. The lowest BCUT2D eigenvalue weighted by atomic mass is 10.1. The van der Waals surface area contributed by atoms with Crippen LogP contribution in [0.3, 0.4) is 0 Å². The summed E-state index contributed by atoms with van der Waals surface area (Å²) >= 11 is 5.79. The Morgan fingerprint density at radius 2 is 1.96 bits per heavy atom. The highest BCUT2D eigenvalue weighted by molar-refractivity contribution is 6.31. The molecule has 1 aromatic heterocycles. The number of hydrogen-bond donors (Lipinski definition) is 4.